The van der Waals surface area contributed by atoms with E-state index in [1.165, 1.54) is 0 Å². The third kappa shape index (κ3) is 1.02. The molecule has 0 heterocycles. The lowest BCUT2D eigenvalue weighted by Gasteiger charge is -2.13. The Bertz CT molecular complexity index is 489. The molecular weight excluding hydrogens is 200 g/mol. The molecule has 2 heteroatoms. The SMILES string of the molecule is Cc1c2c(c(C)c3c1C(=O)CC3)C(=O)CC2. The summed E-state index contributed by atoms with van der Waals surface area (Å²) in [6.07, 6.45) is 2.88. The first-order chi connectivity index (χ1) is 7.61. The van der Waals surface area contributed by atoms with E-state index < -0.39 is 0 Å². The van der Waals surface area contributed by atoms with E-state index in [1.54, 1.807) is 0 Å². The van der Waals surface area contributed by atoms with E-state index in [2.05, 4.69) is 0 Å². The minimum Gasteiger partial charge on any atom is -0.294 e. The predicted octanol–water partition coefficient (Wildman–Crippen LogP) is 2.56. The molecule has 82 valence electrons. The van der Waals surface area contributed by atoms with Crippen LogP contribution in [0.5, 0.6) is 0 Å². The van der Waals surface area contributed by atoms with Crippen LogP contribution < -0.4 is 0 Å². The molecular formula is C14H14O2. The highest BCUT2D eigenvalue weighted by Gasteiger charge is 2.32. The van der Waals surface area contributed by atoms with Crippen molar-refractivity contribution in [1.82, 2.24) is 0 Å². The van der Waals surface area contributed by atoms with Crippen molar-refractivity contribution in [1.29, 1.82) is 0 Å². The molecule has 2 aliphatic carbocycles. The lowest BCUT2D eigenvalue weighted by Crippen LogP contribution is -2.05. The predicted molar refractivity (Wildman–Crippen MR) is 61.2 cm³/mol. The lowest BCUT2D eigenvalue weighted by molar-refractivity contribution is 0.0985. The third-order valence-corrected chi connectivity index (χ3v) is 4.02. The molecule has 0 amide bonds. The average Bonchev–Trinajstić information content (AvgIpc) is 2.80. The van der Waals surface area contributed by atoms with Crippen LogP contribution in [0.4, 0.5) is 0 Å². The number of carbonyl (C=O) groups excluding carboxylic acids is 2. The highest BCUT2D eigenvalue weighted by atomic mass is 16.1. The normalized spacial score (nSPS) is 17.9. The van der Waals surface area contributed by atoms with Gasteiger partial charge in [-0.1, -0.05) is 0 Å². The zero-order valence-corrected chi connectivity index (χ0v) is 9.64. The van der Waals surface area contributed by atoms with Crippen LogP contribution in [-0.4, -0.2) is 11.6 Å². The van der Waals surface area contributed by atoms with Crippen LogP contribution in [0.25, 0.3) is 0 Å². The average molecular weight is 214 g/mol. The van der Waals surface area contributed by atoms with Gasteiger partial charge in [-0.25, -0.2) is 0 Å². The minimum absolute atomic E-state index is 0.262. The standard InChI is InChI=1S/C14H14O2/c1-7-9-3-5-12(16)14(9)8(2)10-4-6-11(15)13(7)10/h3-6H2,1-2H3. The summed E-state index contributed by atoms with van der Waals surface area (Å²) in [7, 11) is 0. The molecule has 0 radical (unpaired) electrons. The molecule has 2 aliphatic rings. The van der Waals surface area contributed by atoms with Gasteiger partial charge in [-0.3, -0.25) is 9.59 Å². The van der Waals surface area contributed by atoms with Crippen molar-refractivity contribution < 1.29 is 9.59 Å². The summed E-state index contributed by atoms with van der Waals surface area (Å²) in [5.41, 5.74) is 6.26. The van der Waals surface area contributed by atoms with Gasteiger partial charge in [0.1, 0.15) is 0 Å². The fourth-order valence-electron chi connectivity index (χ4n) is 3.24. The first kappa shape index (κ1) is 9.76. The van der Waals surface area contributed by atoms with Crippen LogP contribution in [0.1, 0.15) is 55.8 Å². The van der Waals surface area contributed by atoms with Gasteiger partial charge in [-0.15, -0.1) is 0 Å². The Balaban J connectivity index is 2.41. The largest absolute Gasteiger partial charge is 0.294 e. The van der Waals surface area contributed by atoms with Gasteiger partial charge in [0.25, 0.3) is 0 Å². The van der Waals surface area contributed by atoms with Gasteiger partial charge in [0.15, 0.2) is 11.6 Å². The number of hydrogen-bond acceptors (Lipinski definition) is 2. The summed E-state index contributed by atoms with van der Waals surface area (Å²) in [5.74, 6) is 0.524. The van der Waals surface area contributed by atoms with Gasteiger partial charge in [-0.2, -0.15) is 0 Å². The summed E-state index contributed by atoms with van der Waals surface area (Å²) in [6.45, 7) is 4.00. The van der Waals surface area contributed by atoms with E-state index in [1.807, 2.05) is 13.8 Å². The summed E-state index contributed by atoms with van der Waals surface area (Å²) in [5, 5.41) is 0. The van der Waals surface area contributed by atoms with Crippen LogP contribution >= 0.6 is 0 Å². The molecule has 0 aromatic heterocycles. The van der Waals surface area contributed by atoms with Crippen molar-refractivity contribution in [2.45, 2.75) is 39.5 Å². The number of benzene rings is 1. The van der Waals surface area contributed by atoms with Crippen molar-refractivity contribution in [3.63, 3.8) is 0 Å². The van der Waals surface area contributed by atoms with Gasteiger partial charge < -0.3 is 0 Å². The number of hydrogen-bond donors (Lipinski definition) is 0. The maximum Gasteiger partial charge on any atom is 0.163 e. The number of carbonyl (C=O) groups is 2. The molecule has 0 unspecified atom stereocenters. The van der Waals surface area contributed by atoms with Crippen LogP contribution in [0.15, 0.2) is 0 Å². The third-order valence-electron chi connectivity index (χ3n) is 4.02. The molecule has 0 fully saturated rings. The maximum absolute atomic E-state index is 11.8. The van der Waals surface area contributed by atoms with E-state index in [0.717, 1.165) is 46.2 Å². The molecule has 1 aromatic rings. The molecule has 0 spiro atoms. The number of fused-ring (bicyclic) bond motifs is 2. The van der Waals surface area contributed by atoms with E-state index in [0.29, 0.717) is 12.8 Å². The number of ketones is 2. The fraction of sp³-hybridized carbons (Fsp3) is 0.429. The van der Waals surface area contributed by atoms with Crippen molar-refractivity contribution in [3.8, 4) is 0 Å². The summed E-state index contributed by atoms with van der Waals surface area (Å²) in [4.78, 5) is 23.7. The molecule has 16 heavy (non-hydrogen) atoms. The van der Waals surface area contributed by atoms with Gasteiger partial charge in [0, 0.05) is 24.0 Å². The van der Waals surface area contributed by atoms with E-state index >= 15 is 0 Å². The van der Waals surface area contributed by atoms with Crippen LogP contribution in [0.3, 0.4) is 0 Å². The Kier molecular flexibility index (Phi) is 1.85. The highest BCUT2D eigenvalue weighted by molar-refractivity contribution is 6.08. The van der Waals surface area contributed by atoms with Gasteiger partial charge in [0.05, 0.1) is 0 Å². The Labute approximate surface area is 94.7 Å². The molecule has 0 bridgehead atoms. The van der Waals surface area contributed by atoms with Gasteiger partial charge in [0.2, 0.25) is 0 Å². The Morgan fingerprint density at radius 1 is 0.688 bits per heavy atom. The van der Waals surface area contributed by atoms with E-state index in [4.69, 9.17) is 0 Å². The van der Waals surface area contributed by atoms with Crippen LogP contribution in [0, 0.1) is 13.8 Å². The van der Waals surface area contributed by atoms with Gasteiger partial charge >= 0.3 is 0 Å². The second-order valence-electron chi connectivity index (χ2n) is 4.80. The zero-order valence-electron chi connectivity index (χ0n) is 9.64. The molecule has 1 aromatic carbocycles. The highest BCUT2D eigenvalue weighted by Crippen LogP contribution is 2.37. The molecule has 2 nitrogen and oxygen atoms in total. The molecule has 3 rings (SSSR count). The molecule has 0 atom stereocenters. The van der Waals surface area contributed by atoms with Crippen LogP contribution in [-0.2, 0) is 12.8 Å². The summed E-state index contributed by atoms with van der Waals surface area (Å²) in [6, 6.07) is 0. The summed E-state index contributed by atoms with van der Waals surface area (Å²) < 4.78 is 0. The zero-order chi connectivity index (χ0) is 11.4. The first-order valence-electron chi connectivity index (χ1n) is 5.82. The van der Waals surface area contributed by atoms with Gasteiger partial charge in [-0.05, 0) is 48.9 Å². The van der Waals surface area contributed by atoms with E-state index in [-0.39, 0.29) is 11.6 Å². The number of Topliss-reactive ketones (excluding diaryl/α,β-unsaturated/α-hetero) is 2. The number of rotatable bonds is 0. The lowest BCUT2D eigenvalue weighted by atomic mass is 9.90. The molecule has 0 N–H and O–H groups in total. The topological polar surface area (TPSA) is 34.1 Å². The van der Waals surface area contributed by atoms with Crippen molar-refractivity contribution >= 4 is 11.6 Å². The maximum atomic E-state index is 11.8. The second-order valence-corrected chi connectivity index (χ2v) is 4.80. The molecule has 0 saturated carbocycles. The van der Waals surface area contributed by atoms with Crippen molar-refractivity contribution in [2.24, 2.45) is 0 Å². The smallest absolute Gasteiger partial charge is 0.163 e. The Morgan fingerprint density at radius 3 is 1.44 bits per heavy atom. The Morgan fingerprint density at radius 2 is 1.06 bits per heavy atom. The fourth-order valence-corrected chi connectivity index (χ4v) is 3.24. The quantitative estimate of drug-likeness (QED) is 0.665. The van der Waals surface area contributed by atoms with Crippen molar-refractivity contribution in [2.75, 3.05) is 0 Å². The minimum atomic E-state index is 0.262. The molecule has 0 saturated heterocycles. The van der Waals surface area contributed by atoms with Crippen LogP contribution in [0.2, 0.25) is 0 Å². The monoisotopic (exact) mass is 214 g/mol. The molecule has 0 aliphatic heterocycles. The first-order valence-corrected chi connectivity index (χ1v) is 5.82. The Hall–Kier alpha value is -1.44. The second kappa shape index (κ2) is 3.03. The van der Waals surface area contributed by atoms with Crippen molar-refractivity contribution in [3.05, 3.63) is 33.4 Å². The summed E-state index contributed by atoms with van der Waals surface area (Å²) >= 11 is 0. The van der Waals surface area contributed by atoms with E-state index in [9.17, 15) is 9.59 Å².